The highest BCUT2D eigenvalue weighted by atomic mass is 79.9. The van der Waals surface area contributed by atoms with Crippen LogP contribution < -0.4 is 5.73 Å². The zero-order valence-electron chi connectivity index (χ0n) is 9.61. The van der Waals surface area contributed by atoms with Crippen LogP contribution in [0.4, 0.5) is 0 Å². The Morgan fingerprint density at radius 3 is 2.50 bits per heavy atom. The van der Waals surface area contributed by atoms with E-state index in [-0.39, 0.29) is 0 Å². The van der Waals surface area contributed by atoms with Gasteiger partial charge in [-0.2, -0.15) is 0 Å². The molecular weight excluding hydrogens is 350 g/mol. The lowest BCUT2D eigenvalue weighted by molar-refractivity contribution is 0.960. The van der Waals surface area contributed by atoms with Gasteiger partial charge < -0.3 is 5.73 Å². The van der Waals surface area contributed by atoms with E-state index in [1.807, 2.05) is 23.9 Å². The SMILES string of the molecule is NCC(SCc1ccc(Cl)cc1)c1ccc(Br)s1. The van der Waals surface area contributed by atoms with Crippen molar-refractivity contribution in [1.82, 2.24) is 0 Å². The highest BCUT2D eigenvalue weighted by Crippen LogP contribution is 2.36. The average Bonchev–Trinajstić information content (AvgIpc) is 2.79. The zero-order valence-corrected chi connectivity index (χ0v) is 13.6. The largest absolute Gasteiger partial charge is 0.329 e. The van der Waals surface area contributed by atoms with E-state index in [0.29, 0.717) is 11.8 Å². The number of hydrogen-bond donors (Lipinski definition) is 1. The second-order valence-electron chi connectivity index (χ2n) is 3.80. The topological polar surface area (TPSA) is 26.0 Å². The minimum atomic E-state index is 0.358. The molecule has 1 heterocycles. The molecule has 1 nitrogen and oxygen atoms in total. The van der Waals surface area contributed by atoms with Gasteiger partial charge in [0.15, 0.2) is 0 Å². The molecule has 0 bridgehead atoms. The Morgan fingerprint density at radius 1 is 1.22 bits per heavy atom. The molecule has 0 saturated heterocycles. The Bertz CT molecular complexity index is 498. The predicted octanol–water partition coefficient (Wildman–Crippen LogP) is 5.10. The molecule has 0 aliphatic carbocycles. The smallest absolute Gasteiger partial charge is 0.0701 e. The molecule has 0 fully saturated rings. The summed E-state index contributed by atoms with van der Waals surface area (Å²) in [4.78, 5) is 1.32. The number of rotatable bonds is 5. The summed E-state index contributed by atoms with van der Waals surface area (Å²) in [5.74, 6) is 0.953. The van der Waals surface area contributed by atoms with Crippen LogP contribution in [0, 0.1) is 0 Å². The normalized spacial score (nSPS) is 12.6. The maximum absolute atomic E-state index is 5.87. The molecule has 0 spiro atoms. The number of nitrogens with two attached hydrogens (primary N) is 1. The molecule has 2 N–H and O–H groups in total. The molecule has 1 atom stereocenters. The highest BCUT2D eigenvalue weighted by molar-refractivity contribution is 9.11. The minimum Gasteiger partial charge on any atom is -0.329 e. The minimum absolute atomic E-state index is 0.358. The molecule has 5 heteroatoms. The van der Waals surface area contributed by atoms with Gasteiger partial charge in [-0.3, -0.25) is 0 Å². The fourth-order valence-corrected chi connectivity index (χ4v) is 4.40. The van der Waals surface area contributed by atoms with E-state index in [1.54, 1.807) is 11.3 Å². The predicted molar refractivity (Wildman–Crippen MR) is 86.6 cm³/mol. The number of thiophene rings is 1. The lowest BCUT2D eigenvalue weighted by Crippen LogP contribution is -2.08. The van der Waals surface area contributed by atoms with E-state index in [4.69, 9.17) is 17.3 Å². The van der Waals surface area contributed by atoms with Gasteiger partial charge in [-0.1, -0.05) is 23.7 Å². The zero-order chi connectivity index (χ0) is 13.0. The maximum Gasteiger partial charge on any atom is 0.0701 e. The summed E-state index contributed by atoms with van der Waals surface area (Å²) in [7, 11) is 0. The summed E-state index contributed by atoms with van der Waals surface area (Å²) in [5, 5.41) is 1.14. The van der Waals surface area contributed by atoms with Crippen LogP contribution in [0.1, 0.15) is 15.7 Å². The molecule has 0 radical (unpaired) electrons. The molecule has 0 amide bonds. The maximum atomic E-state index is 5.87. The second-order valence-corrected chi connectivity index (χ2v) is 7.93. The summed E-state index contributed by atoms with van der Waals surface area (Å²) in [6.07, 6.45) is 0. The van der Waals surface area contributed by atoms with E-state index in [0.717, 1.165) is 14.6 Å². The van der Waals surface area contributed by atoms with Gasteiger partial charge in [0.05, 0.1) is 9.04 Å². The summed E-state index contributed by atoms with van der Waals surface area (Å²) in [6.45, 7) is 0.658. The first kappa shape index (κ1) is 14.4. The van der Waals surface area contributed by atoms with Crippen molar-refractivity contribution < 1.29 is 0 Å². The van der Waals surface area contributed by atoms with E-state index >= 15 is 0 Å². The van der Waals surface area contributed by atoms with Crippen LogP contribution in [0.3, 0.4) is 0 Å². The van der Waals surface area contributed by atoms with Crippen molar-refractivity contribution in [1.29, 1.82) is 0 Å². The fourth-order valence-electron chi connectivity index (χ4n) is 1.55. The van der Waals surface area contributed by atoms with Gasteiger partial charge in [0.25, 0.3) is 0 Å². The first-order valence-corrected chi connectivity index (χ1v) is 8.54. The van der Waals surface area contributed by atoms with Crippen molar-refractivity contribution >= 4 is 50.6 Å². The lowest BCUT2D eigenvalue weighted by atomic mass is 10.2. The number of halogens is 2. The van der Waals surface area contributed by atoms with Crippen LogP contribution in [-0.2, 0) is 5.75 Å². The van der Waals surface area contributed by atoms with Crippen LogP contribution in [0.15, 0.2) is 40.2 Å². The second kappa shape index (κ2) is 6.96. The molecule has 1 aromatic carbocycles. The third-order valence-corrected chi connectivity index (χ3v) is 5.98. The molecule has 2 rings (SSSR count). The van der Waals surface area contributed by atoms with E-state index in [1.165, 1.54) is 10.4 Å². The molecule has 0 aliphatic rings. The highest BCUT2D eigenvalue weighted by Gasteiger charge is 2.12. The monoisotopic (exact) mass is 361 g/mol. The van der Waals surface area contributed by atoms with Gasteiger partial charge in [-0.15, -0.1) is 23.1 Å². The van der Waals surface area contributed by atoms with Crippen molar-refractivity contribution in [3.8, 4) is 0 Å². The molecule has 96 valence electrons. The van der Waals surface area contributed by atoms with Crippen LogP contribution in [-0.4, -0.2) is 6.54 Å². The summed E-state index contributed by atoms with van der Waals surface area (Å²) in [5.41, 5.74) is 7.13. The van der Waals surface area contributed by atoms with Crippen LogP contribution in [0.2, 0.25) is 5.02 Å². The van der Waals surface area contributed by atoms with Crippen LogP contribution >= 0.6 is 50.6 Å². The average molecular weight is 363 g/mol. The number of benzene rings is 1. The first-order valence-electron chi connectivity index (χ1n) is 5.50. The van der Waals surface area contributed by atoms with Crippen molar-refractivity contribution in [2.45, 2.75) is 11.0 Å². The molecule has 1 aromatic heterocycles. The van der Waals surface area contributed by atoms with Crippen LogP contribution in [0.5, 0.6) is 0 Å². The Hall–Kier alpha value is -0.0000000000000000833. The fraction of sp³-hybridized carbons (Fsp3) is 0.231. The summed E-state index contributed by atoms with van der Waals surface area (Å²) >= 11 is 13.0. The van der Waals surface area contributed by atoms with Crippen molar-refractivity contribution in [2.24, 2.45) is 5.73 Å². The third kappa shape index (κ3) is 4.00. The first-order chi connectivity index (χ1) is 8.69. The van der Waals surface area contributed by atoms with Gasteiger partial charge in [0.1, 0.15) is 0 Å². The standard InChI is InChI=1S/C13H13BrClNS2/c14-13-6-5-11(18-13)12(7-16)17-8-9-1-3-10(15)4-2-9/h1-6,12H,7-8,16H2. The van der Waals surface area contributed by atoms with Crippen molar-refractivity contribution in [3.05, 3.63) is 55.6 Å². The molecule has 0 aliphatic heterocycles. The summed E-state index contributed by atoms with van der Waals surface area (Å²) < 4.78 is 1.16. The molecule has 18 heavy (non-hydrogen) atoms. The van der Waals surface area contributed by atoms with E-state index in [9.17, 15) is 0 Å². The Labute approximate surface area is 129 Å². The van der Waals surface area contributed by atoms with Gasteiger partial charge in [-0.05, 0) is 45.8 Å². The molecular formula is C13H13BrClNS2. The molecule has 1 unspecified atom stereocenters. The summed E-state index contributed by atoms with van der Waals surface area (Å²) in [6, 6.07) is 12.2. The Kier molecular flexibility index (Phi) is 5.57. The van der Waals surface area contributed by atoms with Crippen LogP contribution in [0.25, 0.3) is 0 Å². The Morgan fingerprint density at radius 2 is 1.94 bits per heavy atom. The molecule has 2 aromatic rings. The van der Waals surface area contributed by atoms with E-state index < -0.39 is 0 Å². The van der Waals surface area contributed by atoms with Gasteiger partial charge in [-0.25, -0.2) is 0 Å². The molecule has 0 saturated carbocycles. The number of thioether (sulfide) groups is 1. The van der Waals surface area contributed by atoms with Gasteiger partial charge in [0.2, 0.25) is 0 Å². The van der Waals surface area contributed by atoms with Crippen molar-refractivity contribution in [2.75, 3.05) is 6.54 Å². The quantitative estimate of drug-likeness (QED) is 0.801. The van der Waals surface area contributed by atoms with Gasteiger partial charge >= 0.3 is 0 Å². The lowest BCUT2D eigenvalue weighted by Gasteiger charge is -2.12. The van der Waals surface area contributed by atoms with E-state index in [2.05, 4.69) is 40.2 Å². The number of hydrogen-bond acceptors (Lipinski definition) is 3. The Balaban J connectivity index is 1.97. The van der Waals surface area contributed by atoms with Gasteiger partial charge in [0, 0.05) is 22.2 Å². The third-order valence-electron chi connectivity index (χ3n) is 2.49. The van der Waals surface area contributed by atoms with Crippen molar-refractivity contribution in [3.63, 3.8) is 0 Å².